The second-order valence-corrected chi connectivity index (χ2v) is 15.1. The zero-order valence-electron chi connectivity index (χ0n) is 31.2. The van der Waals surface area contributed by atoms with Crippen molar-refractivity contribution in [2.45, 2.75) is 25.7 Å². The highest BCUT2D eigenvalue weighted by Crippen LogP contribution is 2.43. The summed E-state index contributed by atoms with van der Waals surface area (Å²) in [5, 5.41) is 6.21. The molecule has 0 fully saturated rings. The molecule has 11 aromatic rings. The van der Waals surface area contributed by atoms with E-state index in [0.29, 0.717) is 17.6 Å². The van der Waals surface area contributed by atoms with E-state index in [-0.39, 0.29) is 0 Å². The Balaban J connectivity index is 1.15. The maximum Gasteiger partial charge on any atom is 0.238 e. The zero-order valence-corrected chi connectivity index (χ0v) is 31.2. The van der Waals surface area contributed by atoms with Gasteiger partial charge in [-0.25, -0.2) is 4.98 Å². The van der Waals surface area contributed by atoms with Crippen molar-refractivity contribution in [1.82, 2.24) is 28.7 Å². The quantitative estimate of drug-likeness (QED) is 0.177. The molecule has 4 aromatic heterocycles. The molecule has 270 valence electrons. The number of nitrogens with zero attached hydrogens (tertiary/aromatic N) is 6. The molecule has 0 bridgehead atoms. The Morgan fingerprint density at radius 1 is 0.368 bits per heavy atom. The first-order chi connectivity index (χ1) is 28.3. The van der Waals surface area contributed by atoms with E-state index in [1.807, 2.05) is 36.4 Å². The maximum atomic E-state index is 5.17. The number of aryl methyl sites for hydroxylation is 1. The molecule has 0 aliphatic heterocycles. The molecular weight excluding hydrogens is 697 g/mol. The van der Waals surface area contributed by atoms with Crippen LogP contribution in [0.5, 0.6) is 0 Å². The third-order valence-electron chi connectivity index (χ3n) is 11.9. The highest BCUT2D eigenvalue weighted by Gasteiger charge is 2.26. The summed E-state index contributed by atoms with van der Waals surface area (Å²) in [5.41, 5.74) is 13.0. The number of para-hydroxylation sites is 3. The highest BCUT2D eigenvalue weighted by molar-refractivity contribution is 6.19. The first kappa shape index (κ1) is 32.0. The molecule has 6 nitrogen and oxygen atoms in total. The Bertz CT molecular complexity index is 3280. The van der Waals surface area contributed by atoms with Crippen LogP contribution in [0.25, 0.3) is 94.6 Å². The van der Waals surface area contributed by atoms with E-state index in [0.717, 1.165) is 45.8 Å². The normalized spacial score (nSPS) is 13.0. The van der Waals surface area contributed by atoms with Gasteiger partial charge in [-0.1, -0.05) is 127 Å². The molecule has 57 heavy (non-hydrogen) atoms. The largest absolute Gasteiger partial charge is 0.311 e. The fraction of sp³-hybridized carbons (Fsp3) is 0.0784. The van der Waals surface area contributed by atoms with Gasteiger partial charge in [0.15, 0.2) is 11.6 Å². The number of aromatic nitrogens is 6. The molecule has 0 saturated carbocycles. The second-order valence-electron chi connectivity index (χ2n) is 15.1. The number of rotatable bonds is 5. The number of hydrogen-bond donors (Lipinski definition) is 0. The molecule has 0 amide bonds. The van der Waals surface area contributed by atoms with E-state index in [4.69, 9.17) is 15.0 Å². The molecule has 0 unspecified atom stereocenters. The molecule has 0 spiro atoms. The van der Waals surface area contributed by atoms with E-state index in [9.17, 15) is 0 Å². The van der Waals surface area contributed by atoms with Crippen molar-refractivity contribution < 1.29 is 0 Å². The van der Waals surface area contributed by atoms with Crippen LogP contribution in [0.3, 0.4) is 0 Å². The van der Waals surface area contributed by atoms with Crippen molar-refractivity contribution in [3.63, 3.8) is 0 Å². The number of fused-ring (bicyclic) bond motifs is 10. The van der Waals surface area contributed by atoms with Crippen molar-refractivity contribution in [2.24, 2.45) is 0 Å². The monoisotopic (exact) mass is 732 g/mol. The van der Waals surface area contributed by atoms with E-state index in [1.165, 1.54) is 68.2 Å². The molecule has 1 aliphatic carbocycles. The molecule has 0 atom stereocenters. The third kappa shape index (κ3) is 4.87. The summed E-state index contributed by atoms with van der Waals surface area (Å²) in [6.45, 7) is 0. The van der Waals surface area contributed by atoms with Crippen LogP contribution in [-0.2, 0) is 12.8 Å². The smallest absolute Gasteiger partial charge is 0.238 e. The second kappa shape index (κ2) is 12.6. The van der Waals surface area contributed by atoms with Crippen LogP contribution in [0.15, 0.2) is 170 Å². The van der Waals surface area contributed by atoms with Gasteiger partial charge in [0.25, 0.3) is 0 Å². The summed E-state index contributed by atoms with van der Waals surface area (Å²) < 4.78 is 7.29. The van der Waals surface area contributed by atoms with Crippen LogP contribution in [-0.4, -0.2) is 28.7 Å². The van der Waals surface area contributed by atoms with Gasteiger partial charge >= 0.3 is 0 Å². The van der Waals surface area contributed by atoms with Gasteiger partial charge in [-0.05, 0) is 73.7 Å². The molecule has 1 aliphatic rings. The van der Waals surface area contributed by atoms with E-state index in [1.54, 1.807) is 0 Å². The van der Waals surface area contributed by atoms with Crippen molar-refractivity contribution in [2.75, 3.05) is 0 Å². The van der Waals surface area contributed by atoms with Gasteiger partial charge in [0, 0.05) is 55.1 Å². The van der Waals surface area contributed by atoms with Crippen LogP contribution < -0.4 is 0 Å². The predicted molar refractivity (Wildman–Crippen MR) is 233 cm³/mol. The minimum absolute atomic E-state index is 0.597. The Morgan fingerprint density at radius 2 is 0.912 bits per heavy atom. The van der Waals surface area contributed by atoms with Crippen LogP contribution in [0.4, 0.5) is 0 Å². The molecule has 4 heterocycles. The first-order valence-corrected chi connectivity index (χ1v) is 19.8. The lowest BCUT2D eigenvalue weighted by atomic mass is 9.95. The average Bonchev–Trinajstić information content (AvgIpc) is 3.93. The summed E-state index contributed by atoms with van der Waals surface area (Å²) in [6, 6.07) is 60.4. The summed E-state index contributed by atoms with van der Waals surface area (Å²) in [6.07, 6.45) is 4.53. The Kier molecular flexibility index (Phi) is 7.08. The number of benzene rings is 7. The van der Waals surface area contributed by atoms with Gasteiger partial charge in [-0.2, -0.15) is 9.97 Å². The van der Waals surface area contributed by atoms with Gasteiger partial charge in [-0.3, -0.25) is 4.57 Å². The molecule has 0 saturated heterocycles. The molecule has 12 rings (SSSR count). The first-order valence-electron chi connectivity index (χ1n) is 19.8. The molecule has 7 aromatic carbocycles. The Hall–Kier alpha value is -7.31. The summed E-state index contributed by atoms with van der Waals surface area (Å²) in [4.78, 5) is 15.3. The Labute approximate surface area is 328 Å². The van der Waals surface area contributed by atoms with Crippen LogP contribution in [0, 0.1) is 0 Å². The SMILES string of the molecule is c1ccc(-c2nc(-c3ccccc3)nc(-n3c4ccccc4c4cc(-n5c6c(c7ccc8c9ccccc9n(-c9ccccc9)c8c75)CCCC6)ccc43)n2)cc1. The predicted octanol–water partition coefficient (Wildman–Crippen LogP) is 12.2. The lowest BCUT2D eigenvalue weighted by Crippen LogP contribution is -2.08. The van der Waals surface area contributed by atoms with Crippen molar-refractivity contribution in [3.8, 4) is 40.1 Å². The summed E-state index contributed by atoms with van der Waals surface area (Å²) >= 11 is 0. The van der Waals surface area contributed by atoms with Crippen molar-refractivity contribution >= 4 is 54.5 Å². The van der Waals surface area contributed by atoms with Gasteiger partial charge < -0.3 is 9.13 Å². The zero-order chi connectivity index (χ0) is 37.5. The van der Waals surface area contributed by atoms with Crippen LogP contribution in [0.2, 0.25) is 0 Å². The van der Waals surface area contributed by atoms with Gasteiger partial charge in [0.05, 0.1) is 27.6 Å². The fourth-order valence-corrected chi connectivity index (χ4v) is 9.41. The van der Waals surface area contributed by atoms with Gasteiger partial charge in [0.2, 0.25) is 5.95 Å². The van der Waals surface area contributed by atoms with E-state index >= 15 is 0 Å². The van der Waals surface area contributed by atoms with Gasteiger partial charge in [0.1, 0.15) is 0 Å². The standard InChI is InChI=1S/C51H36N6/c1-4-16-33(17-5-1)49-52-50(34-18-6-2-7-19-34)54-51(53-49)57-45-27-15-12-24-39(45)42-32-36(28-31-46(42)57)56-44-26-14-11-23-38(44)41-30-29-40-37-22-10-13-25-43(37)55(47(40)48(41)56)35-20-8-3-9-21-35/h1-10,12-13,15-22,24-25,27-32H,11,14,23,26H2. The van der Waals surface area contributed by atoms with E-state index < -0.39 is 0 Å². The Morgan fingerprint density at radius 3 is 1.61 bits per heavy atom. The van der Waals surface area contributed by atoms with E-state index in [2.05, 4.69) is 147 Å². The van der Waals surface area contributed by atoms with Crippen molar-refractivity contribution in [1.29, 1.82) is 0 Å². The molecule has 6 heteroatoms. The number of hydrogen-bond acceptors (Lipinski definition) is 3. The third-order valence-corrected chi connectivity index (χ3v) is 11.9. The lowest BCUT2D eigenvalue weighted by Gasteiger charge is -2.17. The van der Waals surface area contributed by atoms with Crippen LogP contribution in [0.1, 0.15) is 24.1 Å². The van der Waals surface area contributed by atoms with Crippen molar-refractivity contribution in [3.05, 3.63) is 181 Å². The topological polar surface area (TPSA) is 53.5 Å². The lowest BCUT2D eigenvalue weighted by molar-refractivity contribution is 0.667. The van der Waals surface area contributed by atoms with Gasteiger partial charge in [-0.15, -0.1) is 0 Å². The fourth-order valence-electron chi connectivity index (χ4n) is 9.41. The minimum Gasteiger partial charge on any atom is -0.311 e. The highest BCUT2D eigenvalue weighted by atomic mass is 15.2. The van der Waals surface area contributed by atoms with Crippen LogP contribution >= 0.6 is 0 Å². The molecular formula is C51H36N6. The molecule has 0 radical (unpaired) electrons. The average molecular weight is 733 g/mol. The maximum absolute atomic E-state index is 5.17. The molecule has 0 N–H and O–H groups in total. The minimum atomic E-state index is 0.597. The summed E-state index contributed by atoms with van der Waals surface area (Å²) in [5.74, 6) is 1.88. The summed E-state index contributed by atoms with van der Waals surface area (Å²) in [7, 11) is 0.